The van der Waals surface area contributed by atoms with Crippen LogP contribution < -0.4 is 16.2 Å². The summed E-state index contributed by atoms with van der Waals surface area (Å²) in [5.74, 6) is 0.439. The molecule has 1 amide bonds. The fraction of sp³-hybridized carbons (Fsp3) is 0.308. The summed E-state index contributed by atoms with van der Waals surface area (Å²) in [4.78, 5) is 45.4. The van der Waals surface area contributed by atoms with E-state index in [2.05, 4.69) is 30.6 Å². The smallest absolute Gasteiger partial charge is 0.260 e. The first-order valence-electron chi connectivity index (χ1n) is 12.2. The van der Waals surface area contributed by atoms with E-state index in [0.29, 0.717) is 66.2 Å². The Morgan fingerprint density at radius 3 is 2.70 bits per heavy atom. The minimum Gasteiger partial charge on any atom is -0.354 e. The van der Waals surface area contributed by atoms with Gasteiger partial charge in [0.1, 0.15) is 5.65 Å². The molecule has 5 rings (SSSR count). The molecule has 0 spiro atoms. The second kappa shape index (κ2) is 10.6. The van der Waals surface area contributed by atoms with Crippen molar-refractivity contribution in [2.24, 2.45) is 0 Å². The number of rotatable bonds is 7. The number of aryl methyl sites for hydroxylation is 1. The molecule has 0 saturated carbocycles. The van der Waals surface area contributed by atoms with Gasteiger partial charge >= 0.3 is 0 Å². The summed E-state index contributed by atoms with van der Waals surface area (Å²) in [5.41, 5.74) is 3.71. The van der Waals surface area contributed by atoms with Gasteiger partial charge in [0, 0.05) is 72.2 Å². The maximum Gasteiger partial charge on any atom is 0.260 e. The van der Waals surface area contributed by atoms with Crippen LogP contribution in [0, 0.1) is 6.92 Å². The predicted octanol–water partition coefficient (Wildman–Crippen LogP) is 2.74. The number of pyridine rings is 1. The van der Waals surface area contributed by atoms with Crippen LogP contribution in [0.1, 0.15) is 12.6 Å². The van der Waals surface area contributed by atoms with Gasteiger partial charge in [-0.1, -0.05) is 23.7 Å². The van der Waals surface area contributed by atoms with Crippen molar-refractivity contribution >= 4 is 34.5 Å². The molecule has 1 aliphatic rings. The highest BCUT2D eigenvalue weighted by molar-refractivity contribution is 6.33. The first kappa shape index (κ1) is 24.8. The summed E-state index contributed by atoms with van der Waals surface area (Å²) in [5, 5.41) is 7.09. The second-order valence-electron chi connectivity index (χ2n) is 8.88. The van der Waals surface area contributed by atoms with Crippen molar-refractivity contribution in [3.63, 3.8) is 0 Å². The highest BCUT2D eigenvalue weighted by Crippen LogP contribution is 2.31. The largest absolute Gasteiger partial charge is 0.354 e. The van der Waals surface area contributed by atoms with E-state index in [9.17, 15) is 9.59 Å². The van der Waals surface area contributed by atoms with E-state index in [0.717, 1.165) is 23.2 Å². The minimum absolute atomic E-state index is 0.0147. The van der Waals surface area contributed by atoms with Crippen LogP contribution in [0.3, 0.4) is 0 Å². The van der Waals surface area contributed by atoms with Crippen LogP contribution in [-0.4, -0.2) is 68.0 Å². The van der Waals surface area contributed by atoms with Gasteiger partial charge in [-0.3, -0.25) is 24.0 Å². The lowest BCUT2D eigenvalue weighted by molar-refractivity contribution is -0.124. The van der Waals surface area contributed by atoms with E-state index in [1.807, 2.05) is 30.9 Å². The van der Waals surface area contributed by atoms with Crippen molar-refractivity contribution in [2.75, 3.05) is 38.0 Å². The molecular formula is C26H27ClN8O2. The number of hydrogen-bond acceptors (Lipinski definition) is 8. The van der Waals surface area contributed by atoms with Gasteiger partial charge in [0.15, 0.2) is 0 Å². The molecule has 2 N–H and O–H groups in total. The molecule has 11 heteroatoms. The number of anilines is 1. The number of carbonyl (C=O) groups excluding carboxylic acids is 1. The monoisotopic (exact) mass is 518 g/mol. The third-order valence-corrected chi connectivity index (χ3v) is 6.54. The summed E-state index contributed by atoms with van der Waals surface area (Å²) in [6.45, 7) is 7.02. The number of hydrogen-bond donors (Lipinski definition) is 2. The number of halogens is 1. The van der Waals surface area contributed by atoms with E-state index in [-0.39, 0.29) is 11.5 Å². The molecule has 1 aliphatic heterocycles. The standard InChI is InChI=1S/C26H27ClN8O2/c1-3-29-26-31-13-18-10-20(19-5-4-17(11-21(19)27)22-14-28-12-16(2)32-22)25(37)35(24(18)33-26)9-8-34-7-6-30-23(36)15-34/h4-5,10-14H,3,6-9,15H2,1-2H3,(H,30,36)(H,29,31,33). The second-order valence-corrected chi connectivity index (χ2v) is 9.29. The van der Waals surface area contributed by atoms with Crippen molar-refractivity contribution in [2.45, 2.75) is 20.4 Å². The number of carbonyl (C=O) groups is 1. The summed E-state index contributed by atoms with van der Waals surface area (Å²) in [6.07, 6.45) is 5.08. The fourth-order valence-electron chi connectivity index (χ4n) is 4.42. The van der Waals surface area contributed by atoms with E-state index in [4.69, 9.17) is 11.6 Å². The first-order valence-corrected chi connectivity index (χ1v) is 12.5. The zero-order chi connectivity index (χ0) is 25.9. The average molecular weight is 519 g/mol. The Hall–Kier alpha value is -3.89. The summed E-state index contributed by atoms with van der Waals surface area (Å²) >= 11 is 6.72. The number of nitrogens with one attached hydrogen (secondary N) is 2. The topological polar surface area (TPSA) is 118 Å². The van der Waals surface area contributed by atoms with E-state index in [1.165, 1.54) is 0 Å². The van der Waals surface area contributed by atoms with Gasteiger partial charge in [0.2, 0.25) is 11.9 Å². The zero-order valence-corrected chi connectivity index (χ0v) is 21.4. The SMILES string of the molecule is CCNc1ncc2cc(-c3ccc(-c4cncc(C)n4)cc3Cl)c(=O)n(CCN3CCNC(=O)C3)c2n1. The van der Waals surface area contributed by atoms with Crippen LogP contribution >= 0.6 is 11.6 Å². The molecule has 0 unspecified atom stereocenters. The Labute approximate surface area is 218 Å². The summed E-state index contributed by atoms with van der Waals surface area (Å²) in [6, 6.07) is 7.30. The molecule has 0 bridgehead atoms. The molecule has 1 fully saturated rings. The molecule has 1 saturated heterocycles. The summed E-state index contributed by atoms with van der Waals surface area (Å²) in [7, 11) is 0. The van der Waals surface area contributed by atoms with Gasteiger partial charge in [-0.05, 0) is 26.0 Å². The van der Waals surface area contributed by atoms with Gasteiger partial charge in [-0.15, -0.1) is 0 Å². The Morgan fingerprint density at radius 1 is 1.08 bits per heavy atom. The predicted molar refractivity (Wildman–Crippen MR) is 144 cm³/mol. The van der Waals surface area contributed by atoms with Gasteiger partial charge in [-0.2, -0.15) is 4.98 Å². The molecule has 3 aromatic heterocycles. The molecule has 190 valence electrons. The molecule has 0 radical (unpaired) electrons. The van der Waals surface area contributed by atoms with Crippen molar-refractivity contribution in [3.8, 4) is 22.4 Å². The Kier molecular flexibility index (Phi) is 7.11. The number of benzene rings is 1. The van der Waals surface area contributed by atoms with Gasteiger partial charge in [0.25, 0.3) is 5.56 Å². The van der Waals surface area contributed by atoms with Crippen molar-refractivity contribution in [1.29, 1.82) is 0 Å². The van der Waals surface area contributed by atoms with Crippen molar-refractivity contribution < 1.29 is 4.79 Å². The molecule has 0 atom stereocenters. The number of nitrogens with zero attached hydrogens (tertiary/aromatic N) is 6. The van der Waals surface area contributed by atoms with Crippen molar-refractivity contribution in [1.82, 2.24) is 34.7 Å². The lowest BCUT2D eigenvalue weighted by Gasteiger charge is -2.26. The molecule has 10 nitrogen and oxygen atoms in total. The molecule has 4 heterocycles. The van der Waals surface area contributed by atoms with Crippen LogP contribution in [0.4, 0.5) is 5.95 Å². The Balaban J connectivity index is 1.57. The van der Waals surface area contributed by atoms with Gasteiger partial charge in [0.05, 0.1) is 24.1 Å². The lowest BCUT2D eigenvalue weighted by atomic mass is 10.0. The maximum atomic E-state index is 13.8. The normalized spacial score (nSPS) is 14.1. The van der Waals surface area contributed by atoms with Crippen LogP contribution in [0.15, 0.2) is 47.7 Å². The number of fused-ring (bicyclic) bond motifs is 1. The lowest BCUT2D eigenvalue weighted by Crippen LogP contribution is -2.48. The van der Waals surface area contributed by atoms with Crippen LogP contribution in [0.5, 0.6) is 0 Å². The maximum absolute atomic E-state index is 13.8. The van der Waals surface area contributed by atoms with E-state index < -0.39 is 0 Å². The van der Waals surface area contributed by atoms with E-state index in [1.54, 1.807) is 35.3 Å². The quantitative estimate of drug-likeness (QED) is 0.383. The van der Waals surface area contributed by atoms with E-state index >= 15 is 0 Å². The van der Waals surface area contributed by atoms with Crippen molar-refractivity contribution in [3.05, 3.63) is 63.9 Å². The number of amides is 1. The van der Waals surface area contributed by atoms with Crippen LogP contribution in [-0.2, 0) is 11.3 Å². The fourth-order valence-corrected chi connectivity index (χ4v) is 4.70. The minimum atomic E-state index is -0.208. The highest BCUT2D eigenvalue weighted by Gasteiger charge is 2.19. The summed E-state index contributed by atoms with van der Waals surface area (Å²) < 4.78 is 1.65. The molecule has 37 heavy (non-hydrogen) atoms. The van der Waals surface area contributed by atoms with Crippen LogP contribution in [0.2, 0.25) is 5.02 Å². The highest BCUT2D eigenvalue weighted by atomic mass is 35.5. The first-order chi connectivity index (χ1) is 17.9. The van der Waals surface area contributed by atoms with Gasteiger partial charge in [-0.25, -0.2) is 9.97 Å². The van der Waals surface area contributed by atoms with Gasteiger partial charge < -0.3 is 10.6 Å². The third-order valence-electron chi connectivity index (χ3n) is 6.23. The molecule has 0 aliphatic carbocycles. The Morgan fingerprint density at radius 2 is 1.95 bits per heavy atom. The van der Waals surface area contributed by atoms with Crippen LogP contribution in [0.25, 0.3) is 33.4 Å². The third kappa shape index (κ3) is 5.30. The average Bonchev–Trinajstić information content (AvgIpc) is 2.88. The molecular weight excluding hydrogens is 492 g/mol. The number of piperazine rings is 1. The number of aromatic nitrogens is 5. The zero-order valence-electron chi connectivity index (χ0n) is 20.7. The molecule has 4 aromatic rings. The Bertz CT molecular complexity index is 1540. The molecule has 1 aromatic carbocycles.